The number of rotatable bonds is 6. The topological polar surface area (TPSA) is 78.8 Å². The van der Waals surface area contributed by atoms with Crippen molar-refractivity contribution in [2.24, 2.45) is 11.0 Å². The molecule has 2 aliphatic rings. The highest BCUT2D eigenvalue weighted by Crippen LogP contribution is 2.45. The van der Waals surface area contributed by atoms with Gasteiger partial charge in [0.05, 0.1) is 16.6 Å². The molecule has 1 aliphatic carbocycles. The Kier molecular flexibility index (Phi) is 7.47. The number of hydrogen-bond donors (Lipinski definition) is 1. The van der Waals surface area contributed by atoms with E-state index in [1.54, 1.807) is 41.4 Å². The van der Waals surface area contributed by atoms with Gasteiger partial charge < -0.3 is 0 Å². The molecule has 4 aromatic carbocycles. The number of nitrogens with one attached hydrogen (secondary N) is 1. The van der Waals surface area contributed by atoms with Gasteiger partial charge in [0.1, 0.15) is 0 Å². The molecule has 1 aliphatic heterocycles. The number of nitrogens with zero attached hydrogens (tertiary/aromatic N) is 2. The number of carbonyl (C=O) groups excluding carboxylic acids is 1. The molecule has 1 heterocycles. The fourth-order valence-electron chi connectivity index (χ4n) is 5.56. The largest absolute Gasteiger partial charge is 0.280 e. The van der Waals surface area contributed by atoms with Gasteiger partial charge in [0.15, 0.2) is 0 Å². The molecule has 8 heteroatoms. The maximum absolute atomic E-state index is 14.1. The Morgan fingerprint density at radius 1 is 0.902 bits per heavy atom. The lowest BCUT2D eigenvalue weighted by molar-refractivity contribution is 0.0680. The predicted molar refractivity (Wildman–Crippen MR) is 163 cm³/mol. The van der Waals surface area contributed by atoms with Crippen LogP contribution in [0.2, 0.25) is 5.02 Å². The van der Waals surface area contributed by atoms with E-state index in [2.05, 4.69) is 22.9 Å². The summed E-state index contributed by atoms with van der Waals surface area (Å²) in [5.41, 5.74) is 4.78. The molecule has 2 unspecified atom stereocenters. The number of amides is 1. The number of halogens is 1. The lowest BCUT2D eigenvalue weighted by Gasteiger charge is -2.29. The van der Waals surface area contributed by atoms with Crippen molar-refractivity contribution < 1.29 is 13.2 Å². The Bertz CT molecular complexity index is 1740. The van der Waals surface area contributed by atoms with E-state index in [-0.39, 0.29) is 28.3 Å². The zero-order valence-corrected chi connectivity index (χ0v) is 23.7. The molecule has 1 N–H and O–H groups in total. The third kappa shape index (κ3) is 5.69. The number of sulfonamides is 1. The Morgan fingerprint density at radius 2 is 1.61 bits per heavy atom. The number of allylic oxidation sites excluding steroid dienone is 1. The smallest absolute Gasteiger partial charge is 0.274 e. The average Bonchev–Trinajstić information content (AvgIpc) is 3.40. The molecule has 1 fully saturated rings. The van der Waals surface area contributed by atoms with Crippen LogP contribution in [0.3, 0.4) is 0 Å². The van der Waals surface area contributed by atoms with Crippen LogP contribution >= 0.6 is 11.6 Å². The number of anilines is 1. The zero-order valence-electron chi connectivity index (χ0n) is 22.2. The van der Waals surface area contributed by atoms with Crippen LogP contribution in [-0.2, 0) is 10.0 Å². The second-order valence-electron chi connectivity index (χ2n) is 10.2. The second-order valence-corrected chi connectivity index (χ2v) is 12.3. The van der Waals surface area contributed by atoms with Crippen molar-refractivity contribution in [2.75, 3.05) is 4.72 Å². The van der Waals surface area contributed by atoms with Crippen molar-refractivity contribution >= 4 is 45.0 Å². The number of hydrazone groups is 1. The van der Waals surface area contributed by atoms with Gasteiger partial charge in [-0.25, -0.2) is 13.4 Å². The van der Waals surface area contributed by atoms with E-state index in [9.17, 15) is 13.2 Å². The van der Waals surface area contributed by atoms with Crippen LogP contribution < -0.4 is 4.72 Å². The standard InChI is InChI=1S/C33H28ClN3O3S/c34-27-17-19-28(20-18-27)36-41(39,40)29-15-7-14-26(22-29)33(38)37-32(24-11-5-2-6-12-24)30-16-8-13-25(31(30)35-37)21-23-9-3-1-4-10-23/h1-7,9-12,14-15,17-22,30,32,36H,8,13,16H2/b25-21+. The van der Waals surface area contributed by atoms with E-state index in [1.807, 2.05) is 48.5 Å². The molecule has 0 bridgehead atoms. The van der Waals surface area contributed by atoms with E-state index in [0.717, 1.165) is 41.7 Å². The summed E-state index contributed by atoms with van der Waals surface area (Å²) >= 11 is 5.94. The van der Waals surface area contributed by atoms with Crippen molar-refractivity contribution in [1.82, 2.24) is 5.01 Å². The van der Waals surface area contributed by atoms with E-state index >= 15 is 0 Å². The maximum atomic E-state index is 14.1. The van der Waals surface area contributed by atoms with Crippen LogP contribution in [0.5, 0.6) is 0 Å². The van der Waals surface area contributed by atoms with Gasteiger partial charge in [-0.05, 0) is 84.5 Å². The minimum absolute atomic E-state index is 0.0107. The van der Waals surface area contributed by atoms with Crippen molar-refractivity contribution in [3.63, 3.8) is 0 Å². The van der Waals surface area contributed by atoms with Crippen molar-refractivity contribution in [2.45, 2.75) is 30.2 Å². The number of fused-ring (bicyclic) bond motifs is 1. The Balaban J connectivity index is 1.36. The molecule has 1 saturated carbocycles. The van der Waals surface area contributed by atoms with Gasteiger partial charge in [0, 0.05) is 22.2 Å². The SMILES string of the molecule is O=C(c1cccc(S(=O)(=O)Nc2ccc(Cl)cc2)c1)N1N=C2/C(=C/c3ccccc3)CCCC2C1c1ccccc1. The molecule has 6 nitrogen and oxygen atoms in total. The lowest BCUT2D eigenvalue weighted by atomic mass is 9.77. The molecule has 0 spiro atoms. The predicted octanol–water partition coefficient (Wildman–Crippen LogP) is 7.58. The molecule has 206 valence electrons. The summed E-state index contributed by atoms with van der Waals surface area (Å²) in [5, 5.41) is 7.00. The molecule has 0 radical (unpaired) electrons. The Hall–Kier alpha value is -4.20. The van der Waals surface area contributed by atoms with Gasteiger partial charge in [0.2, 0.25) is 0 Å². The number of carbonyl (C=O) groups is 1. The van der Waals surface area contributed by atoms with Crippen molar-refractivity contribution in [1.29, 1.82) is 0 Å². The highest BCUT2D eigenvalue weighted by Gasteiger charge is 2.44. The number of hydrogen-bond acceptors (Lipinski definition) is 4. The minimum atomic E-state index is -3.94. The lowest BCUT2D eigenvalue weighted by Crippen LogP contribution is -2.32. The average molecular weight is 582 g/mol. The molecular weight excluding hydrogens is 554 g/mol. The molecule has 2 atom stereocenters. The molecule has 41 heavy (non-hydrogen) atoms. The van der Waals surface area contributed by atoms with E-state index in [1.165, 1.54) is 12.1 Å². The summed E-state index contributed by atoms with van der Waals surface area (Å²) in [7, 11) is -3.94. The van der Waals surface area contributed by atoms with Crippen molar-refractivity contribution in [3.05, 3.63) is 136 Å². The fraction of sp³-hybridized carbons (Fsp3) is 0.152. The zero-order chi connectivity index (χ0) is 28.4. The van der Waals surface area contributed by atoms with E-state index in [4.69, 9.17) is 16.7 Å². The van der Waals surface area contributed by atoms with Crippen LogP contribution in [0.15, 0.2) is 125 Å². The summed E-state index contributed by atoms with van der Waals surface area (Å²) in [4.78, 5) is 14.1. The van der Waals surface area contributed by atoms with Crippen LogP contribution in [0.1, 0.15) is 46.8 Å². The third-order valence-corrected chi connectivity index (χ3v) is 9.11. The summed E-state index contributed by atoms with van der Waals surface area (Å²) in [6.45, 7) is 0. The van der Waals surface area contributed by atoms with E-state index < -0.39 is 10.0 Å². The first-order chi connectivity index (χ1) is 19.9. The van der Waals surface area contributed by atoms with Gasteiger partial charge in [-0.15, -0.1) is 0 Å². The Morgan fingerprint density at radius 3 is 2.34 bits per heavy atom. The first-order valence-corrected chi connectivity index (χ1v) is 15.4. The van der Waals surface area contributed by atoms with Gasteiger partial charge >= 0.3 is 0 Å². The normalized spacial score (nSPS) is 19.5. The molecule has 0 saturated heterocycles. The van der Waals surface area contributed by atoms with Gasteiger partial charge in [-0.1, -0.05) is 78.3 Å². The summed E-state index contributed by atoms with van der Waals surface area (Å²) < 4.78 is 28.9. The monoisotopic (exact) mass is 581 g/mol. The highest BCUT2D eigenvalue weighted by molar-refractivity contribution is 7.92. The van der Waals surface area contributed by atoms with Crippen LogP contribution in [0.25, 0.3) is 6.08 Å². The van der Waals surface area contributed by atoms with E-state index in [0.29, 0.717) is 10.7 Å². The molecule has 1 amide bonds. The second kappa shape index (κ2) is 11.4. The molecule has 4 aromatic rings. The fourth-order valence-corrected chi connectivity index (χ4v) is 6.79. The summed E-state index contributed by atoms with van der Waals surface area (Å²) in [5.74, 6) is -0.299. The quantitative estimate of drug-likeness (QED) is 0.255. The summed E-state index contributed by atoms with van der Waals surface area (Å²) in [6.07, 6.45) is 4.96. The third-order valence-electron chi connectivity index (χ3n) is 7.48. The summed E-state index contributed by atoms with van der Waals surface area (Å²) in [6, 6.07) is 32.3. The van der Waals surface area contributed by atoms with Gasteiger partial charge in [0.25, 0.3) is 15.9 Å². The molecular formula is C33H28ClN3O3S. The van der Waals surface area contributed by atoms with Crippen LogP contribution in [0.4, 0.5) is 5.69 Å². The first-order valence-electron chi connectivity index (χ1n) is 13.5. The van der Waals surface area contributed by atoms with Gasteiger partial charge in [-0.2, -0.15) is 5.10 Å². The van der Waals surface area contributed by atoms with Crippen LogP contribution in [0, 0.1) is 5.92 Å². The minimum Gasteiger partial charge on any atom is -0.280 e. The van der Waals surface area contributed by atoms with Crippen LogP contribution in [-0.4, -0.2) is 25.0 Å². The van der Waals surface area contributed by atoms with Crippen molar-refractivity contribution in [3.8, 4) is 0 Å². The Labute approximate surface area is 245 Å². The highest BCUT2D eigenvalue weighted by atomic mass is 35.5. The van der Waals surface area contributed by atoms with Gasteiger partial charge in [-0.3, -0.25) is 9.52 Å². The maximum Gasteiger partial charge on any atom is 0.274 e. The first kappa shape index (κ1) is 27.0. The number of benzene rings is 4. The molecule has 6 rings (SSSR count). The molecule has 0 aromatic heterocycles.